The van der Waals surface area contributed by atoms with Crippen LogP contribution in [0.15, 0.2) is 39.7 Å². The van der Waals surface area contributed by atoms with Gasteiger partial charge in [0.25, 0.3) is 5.56 Å². The van der Waals surface area contributed by atoms with E-state index in [-0.39, 0.29) is 11.4 Å². The topological polar surface area (TPSA) is 99.8 Å². The van der Waals surface area contributed by atoms with E-state index in [1.165, 1.54) is 12.1 Å². The van der Waals surface area contributed by atoms with Gasteiger partial charge in [-0.15, -0.1) is 0 Å². The first kappa shape index (κ1) is 12.2. The zero-order valence-corrected chi connectivity index (χ0v) is 10.6. The highest BCUT2D eigenvalue weighted by Gasteiger charge is 2.04. The van der Waals surface area contributed by atoms with Gasteiger partial charge in [0.2, 0.25) is 0 Å². The van der Waals surface area contributed by atoms with E-state index in [1.54, 1.807) is 18.3 Å². The lowest BCUT2D eigenvalue weighted by molar-refractivity contribution is 0.262. The molecule has 92 valence electrons. The molecule has 7 nitrogen and oxygen atoms in total. The first-order chi connectivity index (χ1) is 8.63. The van der Waals surface area contributed by atoms with Crippen LogP contribution in [0.2, 0.25) is 0 Å². The Hall–Kier alpha value is -2.22. The van der Waals surface area contributed by atoms with Crippen molar-refractivity contribution in [3.05, 3.63) is 45.3 Å². The van der Waals surface area contributed by atoms with E-state index >= 15 is 0 Å². The smallest absolute Gasteiger partial charge is 0.292 e. The number of pyridine rings is 1. The summed E-state index contributed by atoms with van der Waals surface area (Å²) in [5, 5.41) is 10.8. The Balaban J connectivity index is 2.01. The van der Waals surface area contributed by atoms with Gasteiger partial charge >= 0.3 is 6.03 Å². The highest BCUT2D eigenvalue weighted by atomic mass is 79.9. The van der Waals surface area contributed by atoms with E-state index in [9.17, 15) is 9.59 Å². The van der Waals surface area contributed by atoms with Gasteiger partial charge in [-0.25, -0.2) is 14.9 Å². The Morgan fingerprint density at radius 1 is 1.22 bits per heavy atom. The predicted molar refractivity (Wildman–Crippen MR) is 69.4 cm³/mol. The maximum atomic E-state index is 11.6. The number of hydrogen-bond donors (Lipinski definition) is 3. The molecule has 0 bridgehead atoms. The van der Waals surface area contributed by atoms with Gasteiger partial charge in [0.05, 0.1) is 0 Å². The van der Waals surface area contributed by atoms with Gasteiger partial charge in [-0.3, -0.25) is 15.4 Å². The van der Waals surface area contributed by atoms with Crippen molar-refractivity contribution in [1.29, 1.82) is 0 Å². The van der Waals surface area contributed by atoms with Crippen LogP contribution in [0, 0.1) is 0 Å². The number of carbonyl (C=O) groups excluding carboxylic acids is 1. The number of aromatic amines is 1. The number of nitrogens with zero attached hydrogens (tertiary/aromatic N) is 2. The maximum Gasteiger partial charge on any atom is 0.326 e. The summed E-state index contributed by atoms with van der Waals surface area (Å²) < 4.78 is 0.801. The molecule has 2 amide bonds. The number of amides is 2. The lowest BCUT2D eigenvalue weighted by Gasteiger charge is -2.05. The fourth-order valence-electron chi connectivity index (χ4n) is 1.15. The molecule has 0 saturated carbocycles. The van der Waals surface area contributed by atoms with Gasteiger partial charge in [-0.05, 0) is 18.2 Å². The normalized spacial score (nSPS) is 9.83. The molecule has 0 saturated heterocycles. The van der Waals surface area contributed by atoms with Gasteiger partial charge in [0.15, 0.2) is 5.82 Å². The van der Waals surface area contributed by atoms with Gasteiger partial charge in [0, 0.05) is 16.7 Å². The zero-order chi connectivity index (χ0) is 13.0. The fourth-order valence-corrected chi connectivity index (χ4v) is 1.49. The van der Waals surface area contributed by atoms with E-state index in [0.717, 1.165) is 4.47 Å². The van der Waals surface area contributed by atoms with Crippen LogP contribution >= 0.6 is 15.9 Å². The van der Waals surface area contributed by atoms with Crippen LogP contribution in [0.25, 0.3) is 0 Å². The molecule has 0 aromatic carbocycles. The Morgan fingerprint density at radius 2 is 2.00 bits per heavy atom. The summed E-state index contributed by atoms with van der Waals surface area (Å²) >= 11 is 3.26. The standard InChI is InChI=1S/C10H8BrN5O2/c11-6-3-4-12-8(5-6)14-10(18)13-7-1-2-9(17)16-15-7/h1-5H,(H,16,17)(H2,12,13,14,15,18). The summed E-state index contributed by atoms with van der Waals surface area (Å²) in [6.07, 6.45) is 1.55. The molecular weight excluding hydrogens is 302 g/mol. The van der Waals surface area contributed by atoms with Crippen LogP contribution < -0.4 is 16.2 Å². The summed E-state index contributed by atoms with van der Waals surface area (Å²) in [6.45, 7) is 0. The largest absolute Gasteiger partial charge is 0.326 e. The zero-order valence-electron chi connectivity index (χ0n) is 8.98. The molecule has 2 aromatic rings. The second-order valence-corrected chi connectivity index (χ2v) is 4.16. The first-order valence-electron chi connectivity index (χ1n) is 4.89. The fraction of sp³-hybridized carbons (Fsp3) is 0. The minimum atomic E-state index is -0.500. The number of nitrogens with one attached hydrogen (secondary N) is 3. The third-order valence-electron chi connectivity index (χ3n) is 1.88. The molecule has 0 aliphatic carbocycles. The summed E-state index contributed by atoms with van der Waals surface area (Å²) in [5.74, 6) is 0.633. The molecule has 8 heteroatoms. The number of rotatable bonds is 2. The van der Waals surface area contributed by atoms with Crippen LogP contribution in [-0.4, -0.2) is 21.2 Å². The van der Waals surface area contributed by atoms with Crippen LogP contribution in [-0.2, 0) is 0 Å². The van der Waals surface area contributed by atoms with Crippen LogP contribution in [0.5, 0.6) is 0 Å². The van der Waals surface area contributed by atoms with Crippen molar-refractivity contribution in [2.75, 3.05) is 10.6 Å². The van der Waals surface area contributed by atoms with E-state index in [1.807, 2.05) is 0 Å². The number of halogens is 1. The third-order valence-corrected chi connectivity index (χ3v) is 2.38. The predicted octanol–water partition coefficient (Wildman–Crippen LogP) is 1.57. The Kier molecular flexibility index (Phi) is 3.68. The van der Waals surface area contributed by atoms with E-state index in [0.29, 0.717) is 5.82 Å². The molecule has 3 N–H and O–H groups in total. The molecule has 0 spiro atoms. The van der Waals surface area contributed by atoms with Gasteiger partial charge in [-0.2, -0.15) is 5.10 Å². The van der Waals surface area contributed by atoms with Gasteiger partial charge < -0.3 is 0 Å². The van der Waals surface area contributed by atoms with Crippen molar-refractivity contribution in [3.8, 4) is 0 Å². The third kappa shape index (κ3) is 3.39. The molecule has 2 rings (SSSR count). The average molecular weight is 310 g/mol. The van der Waals surface area contributed by atoms with Crippen molar-refractivity contribution in [2.24, 2.45) is 0 Å². The Morgan fingerprint density at radius 3 is 2.67 bits per heavy atom. The minimum absolute atomic E-state index is 0.238. The molecule has 0 radical (unpaired) electrons. The summed E-state index contributed by atoms with van der Waals surface area (Å²) in [7, 11) is 0. The van der Waals surface area contributed by atoms with E-state index in [4.69, 9.17) is 0 Å². The number of anilines is 2. The number of H-pyrrole nitrogens is 1. The molecule has 0 fully saturated rings. The lowest BCUT2D eigenvalue weighted by atomic mass is 10.4. The molecule has 2 aromatic heterocycles. The molecule has 0 unspecified atom stereocenters. The van der Waals surface area contributed by atoms with Crippen LogP contribution in [0.1, 0.15) is 0 Å². The molecule has 0 atom stereocenters. The molecule has 2 heterocycles. The highest BCUT2D eigenvalue weighted by Crippen LogP contribution is 2.12. The van der Waals surface area contributed by atoms with E-state index in [2.05, 4.69) is 41.7 Å². The van der Waals surface area contributed by atoms with Crippen molar-refractivity contribution in [2.45, 2.75) is 0 Å². The quantitative estimate of drug-likeness (QED) is 0.784. The second-order valence-electron chi connectivity index (χ2n) is 3.24. The Bertz CT molecular complexity index is 607. The van der Waals surface area contributed by atoms with Crippen molar-refractivity contribution in [1.82, 2.24) is 15.2 Å². The van der Waals surface area contributed by atoms with Crippen molar-refractivity contribution >= 4 is 33.6 Å². The number of urea groups is 1. The molecule has 0 aliphatic rings. The Labute approximate surface area is 110 Å². The molecule has 18 heavy (non-hydrogen) atoms. The summed E-state index contributed by atoms with van der Waals surface area (Å²) in [4.78, 5) is 26.3. The van der Waals surface area contributed by atoms with Crippen molar-refractivity contribution < 1.29 is 4.79 Å². The molecular formula is C10H8BrN5O2. The highest BCUT2D eigenvalue weighted by molar-refractivity contribution is 9.10. The minimum Gasteiger partial charge on any atom is -0.292 e. The average Bonchev–Trinajstić information content (AvgIpc) is 2.32. The SMILES string of the molecule is O=C(Nc1cc(Br)ccn1)Nc1ccc(=O)[nH]n1. The number of aromatic nitrogens is 3. The van der Waals surface area contributed by atoms with E-state index < -0.39 is 6.03 Å². The number of carbonyl (C=O) groups is 1. The first-order valence-corrected chi connectivity index (χ1v) is 5.68. The van der Waals surface area contributed by atoms with Crippen LogP contribution in [0.3, 0.4) is 0 Å². The monoisotopic (exact) mass is 309 g/mol. The summed E-state index contributed by atoms with van der Waals surface area (Å²) in [6, 6.07) is 5.55. The maximum absolute atomic E-state index is 11.6. The summed E-state index contributed by atoms with van der Waals surface area (Å²) in [5.41, 5.74) is -0.338. The van der Waals surface area contributed by atoms with Gasteiger partial charge in [0.1, 0.15) is 5.82 Å². The number of hydrogen-bond acceptors (Lipinski definition) is 4. The van der Waals surface area contributed by atoms with Gasteiger partial charge in [-0.1, -0.05) is 15.9 Å². The second kappa shape index (κ2) is 5.41. The molecule has 0 aliphatic heterocycles. The van der Waals surface area contributed by atoms with Crippen molar-refractivity contribution in [3.63, 3.8) is 0 Å². The lowest BCUT2D eigenvalue weighted by Crippen LogP contribution is -2.21. The van der Waals surface area contributed by atoms with Crippen LogP contribution in [0.4, 0.5) is 16.4 Å².